The largest absolute Gasteiger partial charge is 0.480 e. The fourth-order valence-corrected chi connectivity index (χ4v) is 3.90. The molecule has 0 heterocycles. The highest BCUT2D eigenvalue weighted by molar-refractivity contribution is 6.03. The van der Waals surface area contributed by atoms with Gasteiger partial charge < -0.3 is 20.1 Å². The molecule has 8 nitrogen and oxygen atoms in total. The molecule has 2 unspecified atom stereocenters. The van der Waals surface area contributed by atoms with E-state index in [0.717, 1.165) is 50.7 Å². The lowest BCUT2D eigenvalue weighted by atomic mass is 9.65. The Morgan fingerprint density at radius 3 is 2.00 bits per heavy atom. The van der Waals surface area contributed by atoms with Crippen LogP contribution in [-0.4, -0.2) is 39.2 Å². The van der Waals surface area contributed by atoms with Crippen LogP contribution in [0.25, 0.3) is 0 Å². The highest BCUT2D eigenvalue weighted by atomic mass is 16.5. The Balaban J connectivity index is 3.19. The van der Waals surface area contributed by atoms with Crippen molar-refractivity contribution in [2.45, 2.75) is 71.6 Å². The zero-order valence-corrected chi connectivity index (χ0v) is 18.2. The fraction of sp³-hybridized carbons (Fsp3) is 0.565. The van der Waals surface area contributed by atoms with Crippen LogP contribution < -0.4 is 0 Å². The number of carbonyl (C=O) groups is 4. The van der Waals surface area contributed by atoms with Gasteiger partial charge in [-0.05, 0) is 19.4 Å². The SMILES string of the molecule is C=CC(=O)OC1=CC(C(=O)O)=C(C(=O)O)C(CCCCCCCCCC)C1(C)C(=O)O. The molecule has 0 aromatic rings. The number of carboxylic acid groups (broad SMARTS) is 3. The highest BCUT2D eigenvalue weighted by Gasteiger charge is 2.53. The number of carbonyl (C=O) groups excluding carboxylic acids is 1. The first-order chi connectivity index (χ1) is 14.6. The van der Waals surface area contributed by atoms with Crippen LogP contribution in [0.3, 0.4) is 0 Å². The molecule has 0 bridgehead atoms. The van der Waals surface area contributed by atoms with E-state index in [1.165, 1.54) is 13.3 Å². The molecule has 172 valence electrons. The minimum atomic E-state index is -1.91. The van der Waals surface area contributed by atoms with Crippen LogP contribution in [0.2, 0.25) is 0 Å². The predicted molar refractivity (Wildman–Crippen MR) is 113 cm³/mol. The summed E-state index contributed by atoms with van der Waals surface area (Å²) in [6.45, 7) is 6.66. The molecule has 0 amide bonds. The molecule has 0 spiro atoms. The maximum Gasteiger partial charge on any atom is 0.336 e. The van der Waals surface area contributed by atoms with Gasteiger partial charge in [-0.3, -0.25) is 4.79 Å². The first kappa shape index (κ1) is 26.1. The minimum Gasteiger partial charge on any atom is -0.480 e. The van der Waals surface area contributed by atoms with Crippen LogP contribution in [-0.2, 0) is 23.9 Å². The van der Waals surface area contributed by atoms with Gasteiger partial charge in [0.15, 0.2) is 0 Å². The van der Waals surface area contributed by atoms with Crippen molar-refractivity contribution in [3.8, 4) is 0 Å². The van der Waals surface area contributed by atoms with E-state index in [1.54, 1.807) is 0 Å². The van der Waals surface area contributed by atoms with E-state index in [4.69, 9.17) is 4.74 Å². The molecule has 31 heavy (non-hydrogen) atoms. The highest BCUT2D eigenvalue weighted by Crippen LogP contribution is 2.48. The molecule has 0 fully saturated rings. The van der Waals surface area contributed by atoms with Crippen molar-refractivity contribution in [3.63, 3.8) is 0 Å². The van der Waals surface area contributed by atoms with Crippen LogP contribution in [0.4, 0.5) is 0 Å². The lowest BCUT2D eigenvalue weighted by Gasteiger charge is -2.38. The van der Waals surface area contributed by atoms with Crippen molar-refractivity contribution in [3.05, 3.63) is 35.6 Å². The first-order valence-corrected chi connectivity index (χ1v) is 10.6. The van der Waals surface area contributed by atoms with Crippen molar-refractivity contribution in [1.82, 2.24) is 0 Å². The summed E-state index contributed by atoms with van der Waals surface area (Å²) in [6.07, 6.45) is 9.63. The van der Waals surface area contributed by atoms with E-state index in [1.807, 2.05) is 0 Å². The smallest absolute Gasteiger partial charge is 0.336 e. The van der Waals surface area contributed by atoms with Crippen LogP contribution in [0.15, 0.2) is 35.6 Å². The molecule has 2 atom stereocenters. The zero-order valence-electron chi connectivity index (χ0n) is 18.2. The molecule has 1 rings (SSSR count). The van der Waals surface area contributed by atoms with Gasteiger partial charge >= 0.3 is 23.9 Å². The lowest BCUT2D eigenvalue weighted by Crippen LogP contribution is -2.44. The lowest BCUT2D eigenvalue weighted by molar-refractivity contribution is -0.154. The standard InChI is InChI=1S/C23H32O8/c1-4-6-7-8-9-10-11-12-13-16-19(21(27)28)15(20(25)26)14-17(31-18(24)5-2)23(16,3)22(29)30/h5,14,16H,2,4,6-13H2,1,3H3,(H,25,26)(H,27,28)(H,29,30). The van der Waals surface area contributed by atoms with Gasteiger partial charge in [0.25, 0.3) is 0 Å². The number of ether oxygens (including phenoxy) is 1. The summed E-state index contributed by atoms with van der Waals surface area (Å²) in [7, 11) is 0. The quantitative estimate of drug-likeness (QED) is 0.208. The molecule has 1 aliphatic rings. The molecule has 0 saturated heterocycles. The van der Waals surface area contributed by atoms with Gasteiger partial charge in [0.05, 0.1) is 11.1 Å². The summed E-state index contributed by atoms with van der Waals surface area (Å²) in [5.41, 5.74) is -2.98. The average Bonchev–Trinajstić information content (AvgIpc) is 2.71. The van der Waals surface area contributed by atoms with E-state index >= 15 is 0 Å². The van der Waals surface area contributed by atoms with Crippen molar-refractivity contribution < 1.29 is 39.2 Å². The third kappa shape index (κ3) is 6.54. The maximum absolute atomic E-state index is 12.2. The Morgan fingerprint density at radius 2 is 1.55 bits per heavy atom. The van der Waals surface area contributed by atoms with Crippen molar-refractivity contribution >= 4 is 23.9 Å². The van der Waals surface area contributed by atoms with Gasteiger partial charge in [0.2, 0.25) is 0 Å². The zero-order chi connectivity index (χ0) is 23.6. The molecule has 0 aliphatic heterocycles. The molecule has 8 heteroatoms. The predicted octanol–water partition coefficient (Wildman–Crippen LogP) is 4.32. The Bertz CT molecular complexity index is 776. The number of hydrogen-bond acceptors (Lipinski definition) is 5. The van der Waals surface area contributed by atoms with E-state index in [2.05, 4.69) is 13.5 Å². The van der Waals surface area contributed by atoms with Gasteiger partial charge in [-0.25, -0.2) is 14.4 Å². The second-order valence-corrected chi connectivity index (χ2v) is 7.90. The average molecular weight is 437 g/mol. The van der Waals surface area contributed by atoms with E-state index < -0.39 is 52.1 Å². The monoisotopic (exact) mass is 436 g/mol. The summed E-state index contributed by atoms with van der Waals surface area (Å²) in [5.74, 6) is -6.96. The normalized spacial score (nSPS) is 20.7. The van der Waals surface area contributed by atoms with Gasteiger partial charge in [-0.1, -0.05) is 64.9 Å². The molecule has 0 aromatic carbocycles. The topological polar surface area (TPSA) is 138 Å². The summed E-state index contributed by atoms with van der Waals surface area (Å²) in [4.78, 5) is 47.6. The second-order valence-electron chi connectivity index (χ2n) is 7.90. The fourth-order valence-electron chi connectivity index (χ4n) is 3.90. The molecule has 0 saturated carbocycles. The first-order valence-electron chi connectivity index (χ1n) is 10.6. The van der Waals surface area contributed by atoms with Crippen LogP contribution >= 0.6 is 0 Å². The summed E-state index contributed by atoms with van der Waals surface area (Å²) in [6, 6.07) is 0. The number of hydrogen-bond donors (Lipinski definition) is 3. The summed E-state index contributed by atoms with van der Waals surface area (Å²) in [5, 5.41) is 29.2. The van der Waals surface area contributed by atoms with Crippen molar-refractivity contribution in [2.75, 3.05) is 0 Å². The molecule has 0 radical (unpaired) electrons. The van der Waals surface area contributed by atoms with E-state index in [9.17, 15) is 34.5 Å². The van der Waals surface area contributed by atoms with E-state index in [0.29, 0.717) is 6.42 Å². The number of rotatable bonds is 14. The summed E-state index contributed by atoms with van der Waals surface area (Å²) < 4.78 is 5.07. The molecular weight excluding hydrogens is 404 g/mol. The summed E-state index contributed by atoms with van der Waals surface area (Å²) >= 11 is 0. The van der Waals surface area contributed by atoms with Gasteiger partial charge in [0.1, 0.15) is 11.2 Å². The molecular formula is C23H32O8. The van der Waals surface area contributed by atoms with Gasteiger partial charge in [-0.15, -0.1) is 0 Å². The van der Waals surface area contributed by atoms with E-state index in [-0.39, 0.29) is 6.42 Å². The number of unbranched alkanes of at least 4 members (excludes halogenated alkanes) is 7. The van der Waals surface area contributed by atoms with Crippen molar-refractivity contribution in [2.24, 2.45) is 11.3 Å². The number of esters is 1. The maximum atomic E-state index is 12.2. The molecule has 3 N–H and O–H groups in total. The third-order valence-corrected chi connectivity index (χ3v) is 5.75. The minimum absolute atomic E-state index is 0.138. The van der Waals surface area contributed by atoms with Gasteiger partial charge in [0, 0.05) is 12.0 Å². The van der Waals surface area contributed by atoms with Crippen LogP contribution in [0.1, 0.15) is 71.6 Å². The van der Waals surface area contributed by atoms with Crippen LogP contribution in [0, 0.1) is 11.3 Å². The molecule has 0 aromatic heterocycles. The number of carboxylic acids is 3. The van der Waals surface area contributed by atoms with Crippen molar-refractivity contribution in [1.29, 1.82) is 0 Å². The third-order valence-electron chi connectivity index (χ3n) is 5.75. The Kier molecular flexibility index (Phi) is 10.2. The number of aliphatic carboxylic acids is 3. The molecule has 1 aliphatic carbocycles. The second kappa shape index (κ2) is 12.1. The van der Waals surface area contributed by atoms with Crippen LogP contribution in [0.5, 0.6) is 0 Å². The Morgan fingerprint density at radius 1 is 1.00 bits per heavy atom. The Labute approximate surface area is 182 Å². The van der Waals surface area contributed by atoms with Gasteiger partial charge in [-0.2, -0.15) is 0 Å². The Hall–Kier alpha value is -2.90.